The quantitative estimate of drug-likeness (QED) is 0.900. The Balaban J connectivity index is 1.79. The lowest BCUT2D eigenvalue weighted by molar-refractivity contribution is 0.0950. The van der Waals surface area contributed by atoms with Crippen LogP contribution in [0.25, 0.3) is 11.1 Å². The minimum absolute atomic E-state index is 0.0429. The Labute approximate surface area is 129 Å². The maximum atomic E-state index is 12.3. The van der Waals surface area contributed by atoms with Gasteiger partial charge in [0, 0.05) is 24.2 Å². The Morgan fingerprint density at radius 1 is 1.50 bits per heavy atom. The number of pyridine rings is 1. The number of amides is 1. The Morgan fingerprint density at radius 2 is 2.23 bits per heavy atom. The molecule has 118 valence electrons. The normalized spacial score (nSPS) is 16.7. The molecule has 2 heterocycles. The molecule has 2 aromatic heterocycles. The highest BCUT2D eigenvalue weighted by molar-refractivity contribution is 5.97. The number of nitrogens with two attached hydrogens (primary N) is 1. The fraction of sp³-hybridized carbons (Fsp3) is 0.562. The second kappa shape index (κ2) is 5.35. The van der Waals surface area contributed by atoms with Crippen molar-refractivity contribution in [2.45, 2.75) is 45.1 Å². The number of carbonyl (C=O) groups excluding carboxylic acids is 1. The maximum Gasteiger partial charge on any atom is 0.257 e. The first-order valence-corrected chi connectivity index (χ1v) is 7.66. The lowest BCUT2D eigenvalue weighted by atomic mass is 9.90. The van der Waals surface area contributed by atoms with Crippen molar-refractivity contribution in [2.24, 2.45) is 11.7 Å². The summed E-state index contributed by atoms with van der Waals surface area (Å²) >= 11 is 0. The summed E-state index contributed by atoms with van der Waals surface area (Å²) < 4.78 is 5.24. The van der Waals surface area contributed by atoms with E-state index in [2.05, 4.69) is 15.5 Å². The van der Waals surface area contributed by atoms with Gasteiger partial charge < -0.3 is 15.6 Å². The minimum atomic E-state index is -0.170. The predicted octanol–water partition coefficient (Wildman–Crippen LogP) is 1.99. The smallest absolute Gasteiger partial charge is 0.257 e. The fourth-order valence-electron chi connectivity index (χ4n) is 2.50. The van der Waals surface area contributed by atoms with Crippen molar-refractivity contribution >= 4 is 17.0 Å². The number of carbonyl (C=O) groups is 1. The molecule has 0 aliphatic heterocycles. The summed E-state index contributed by atoms with van der Waals surface area (Å²) in [6.45, 7) is 6.64. The van der Waals surface area contributed by atoms with Gasteiger partial charge in [-0.1, -0.05) is 25.9 Å². The van der Waals surface area contributed by atoms with E-state index in [9.17, 15) is 4.79 Å². The second-order valence-corrected chi connectivity index (χ2v) is 7.07. The summed E-state index contributed by atoms with van der Waals surface area (Å²) in [5.74, 6) is 0.401. The number of fused-ring (bicyclic) bond motifs is 1. The van der Waals surface area contributed by atoms with Crippen LogP contribution in [0.3, 0.4) is 0 Å². The molecule has 1 aliphatic carbocycles. The highest BCUT2D eigenvalue weighted by Gasteiger charge is 2.28. The lowest BCUT2D eigenvalue weighted by Crippen LogP contribution is -2.38. The largest absolute Gasteiger partial charge is 0.350 e. The molecule has 6 heteroatoms. The molecule has 3 N–H and O–H groups in total. The third-order valence-corrected chi connectivity index (χ3v) is 4.03. The fourth-order valence-corrected chi connectivity index (χ4v) is 2.50. The van der Waals surface area contributed by atoms with E-state index in [-0.39, 0.29) is 17.4 Å². The van der Waals surface area contributed by atoms with Crippen LogP contribution < -0.4 is 11.1 Å². The van der Waals surface area contributed by atoms with Gasteiger partial charge in [0.05, 0.1) is 16.6 Å². The van der Waals surface area contributed by atoms with Crippen molar-refractivity contribution in [2.75, 3.05) is 6.54 Å². The molecule has 0 saturated heterocycles. The topological polar surface area (TPSA) is 94.0 Å². The van der Waals surface area contributed by atoms with Crippen LogP contribution in [-0.2, 0) is 5.41 Å². The number of hydrogen-bond acceptors (Lipinski definition) is 5. The van der Waals surface area contributed by atoms with Crippen LogP contribution in [0.1, 0.15) is 49.7 Å². The summed E-state index contributed by atoms with van der Waals surface area (Å²) in [4.78, 5) is 16.5. The van der Waals surface area contributed by atoms with Gasteiger partial charge in [-0.05, 0) is 24.8 Å². The summed E-state index contributed by atoms with van der Waals surface area (Å²) in [5.41, 5.74) is 7.60. The van der Waals surface area contributed by atoms with E-state index >= 15 is 0 Å². The molecule has 0 aromatic carbocycles. The Bertz CT molecular complexity index is 698. The van der Waals surface area contributed by atoms with Crippen LogP contribution in [0.2, 0.25) is 0 Å². The second-order valence-electron chi connectivity index (χ2n) is 7.07. The van der Waals surface area contributed by atoms with Gasteiger partial charge in [-0.2, -0.15) is 0 Å². The number of nitrogens with zero attached hydrogens (tertiary/aromatic N) is 2. The predicted molar refractivity (Wildman–Crippen MR) is 83.5 cm³/mol. The zero-order valence-electron chi connectivity index (χ0n) is 13.2. The van der Waals surface area contributed by atoms with Crippen LogP contribution >= 0.6 is 0 Å². The Kier molecular flexibility index (Phi) is 3.64. The molecule has 1 unspecified atom stereocenters. The van der Waals surface area contributed by atoms with Crippen LogP contribution in [0.5, 0.6) is 0 Å². The molecule has 1 atom stereocenters. The Morgan fingerprint density at radius 3 is 2.86 bits per heavy atom. The van der Waals surface area contributed by atoms with E-state index in [4.69, 9.17) is 10.3 Å². The SMILES string of the molecule is CC(C)(C)c1noc2ncc(C(=O)NCC(N)C3CC3)cc12. The van der Waals surface area contributed by atoms with Crippen molar-refractivity contribution in [3.63, 3.8) is 0 Å². The molecule has 1 amide bonds. The van der Waals surface area contributed by atoms with Gasteiger partial charge in [0.25, 0.3) is 11.6 Å². The molecule has 1 fully saturated rings. The highest BCUT2D eigenvalue weighted by atomic mass is 16.5. The van der Waals surface area contributed by atoms with E-state index in [1.165, 1.54) is 19.0 Å². The van der Waals surface area contributed by atoms with Gasteiger partial charge in [0.15, 0.2) is 0 Å². The van der Waals surface area contributed by atoms with Crippen molar-refractivity contribution in [1.82, 2.24) is 15.5 Å². The van der Waals surface area contributed by atoms with Gasteiger partial charge in [-0.25, -0.2) is 4.98 Å². The molecule has 2 aromatic rings. The van der Waals surface area contributed by atoms with Crippen LogP contribution in [0.15, 0.2) is 16.8 Å². The van der Waals surface area contributed by atoms with E-state index in [1.54, 1.807) is 6.07 Å². The number of hydrogen-bond donors (Lipinski definition) is 2. The summed E-state index contributed by atoms with van der Waals surface area (Å²) in [5, 5.41) is 7.75. The molecule has 0 spiro atoms. The van der Waals surface area contributed by atoms with Crippen LogP contribution in [-0.4, -0.2) is 28.6 Å². The monoisotopic (exact) mass is 302 g/mol. The third kappa shape index (κ3) is 2.97. The zero-order chi connectivity index (χ0) is 15.9. The van der Waals surface area contributed by atoms with Crippen molar-refractivity contribution in [3.8, 4) is 0 Å². The zero-order valence-corrected chi connectivity index (χ0v) is 13.2. The van der Waals surface area contributed by atoms with Crippen molar-refractivity contribution in [1.29, 1.82) is 0 Å². The van der Waals surface area contributed by atoms with Crippen molar-refractivity contribution < 1.29 is 9.32 Å². The lowest BCUT2D eigenvalue weighted by Gasteiger charge is -2.14. The van der Waals surface area contributed by atoms with Gasteiger partial charge in [0.2, 0.25) is 0 Å². The van der Waals surface area contributed by atoms with Gasteiger partial charge in [0.1, 0.15) is 0 Å². The summed E-state index contributed by atoms with van der Waals surface area (Å²) in [7, 11) is 0. The molecular weight excluding hydrogens is 280 g/mol. The molecular formula is C16H22N4O2. The molecule has 1 aliphatic rings. The van der Waals surface area contributed by atoms with Gasteiger partial charge in [-0.15, -0.1) is 0 Å². The average Bonchev–Trinajstić information content (AvgIpc) is 3.21. The molecule has 6 nitrogen and oxygen atoms in total. The number of nitrogens with one attached hydrogen (secondary N) is 1. The highest BCUT2D eigenvalue weighted by Crippen LogP contribution is 2.31. The minimum Gasteiger partial charge on any atom is -0.350 e. The van der Waals surface area contributed by atoms with Gasteiger partial charge in [-0.3, -0.25) is 4.79 Å². The van der Waals surface area contributed by atoms with E-state index in [0.29, 0.717) is 23.7 Å². The van der Waals surface area contributed by atoms with Crippen LogP contribution in [0.4, 0.5) is 0 Å². The van der Waals surface area contributed by atoms with E-state index < -0.39 is 0 Å². The first kappa shape index (κ1) is 15.0. The average molecular weight is 302 g/mol. The Hall–Kier alpha value is -1.95. The standard InChI is InChI=1S/C16H22N4O2/c1-16(2,3)13-11-6-10(7-19-15(11)22-20-13)14(21)18-8-12(17)9-4-5-9/h6-7,9,12H,4-5,8,17H2,1-3H3,(H,18,21). The molecule has 0 radical (unpaired) electrons. The molecule has 22 heavy (non-hydrogen) atoms. The molecule has 1 saturated carbocycles. The van der Waals surface area contributed by atoms with E-state index in [1.807, 2.05) is 20.8 Å². The van der Waals surface area contributed by atoms with Crippen LogP contribution in [0, 0.1) is 5.92 Å². The van der Waals surface area contributed by atoms with Crippen molar-refractivity contribution in [3.05, 3.63) is 23.5 Å². The van der Waals surface area contributed by atoms with Gasteiger partial charge >= 0.3 is 0 Å². The summed E-state index contributed by atoms with van der Waals surface area (Å²) in [6, 6.07) is 1.83. The summed E-state index contributed by atoms with van der Waals surface area (Å²) in [6.07, 6.45) is 3.85. The molecule has 0 bridgehead atoms. The van der Waals surface area contributed by atoms with E-state index in [0.717, 1.165) is 11.1 Å². The maximum absolute atomic E-state index is 12.3. The number of aromatic nitrogens is 2. The first-order valence-electron chi connectivity index (χ1n) is 7.66. The molecule has 3 rings (SSSR count). The number of rotatable bonds is 4. The first-order chi connectivity index (χ1) is 10.4. The third-order valence-electron chi connectivity index (χ3n) is 4.03.